The maximum Gasteiger partial charge on any atom is 0.298 e. The van der Waals surface area contributed by atoms with Gasteiger partial charge in [0.05, 0.1) is 0 Å². The van der Waals surface area contributed by atoms with E-state index < -0.39 is 8.35 Å². The molecule has 0 saturated heterocycles. The summed E-state index contributed by atoms with van der Waals surface area (Å²) in [6, 6.07) is 0. The summed E-state index contributed by atoms with van der Waals surface area (Å²) in [4.78, 5) is 0. The molecule has 0 aliphatic rings. The minimum atomic E-state index is -1.44. The van der Waals surface area contributed by atoms with Crippen molar-refractivity contribution in [3.63, 3.8) is 0 Å². The molecule has 0 fully saturated rings. The normalized spacial score (nSPS) is 14.3. The zero-order valence-electron chi connectivity index (χ0n) is 6.64. The zero-order chi connectivity index (χ0) is 7.82. The zero-order valence-corrected chi connectivity index (χ0v) is 8.55. The van der Waals surface area contributed by atoms with Gasteiger partial charge in [-0.15, -0.1) is 11.1 Å². The highest BCUT2D eigenvalue weighted by Gasteiger charge is 1.99. The molecule has 1 atom stereocenters. The highest BCUT2D eigenvalue weighted by Crippen LogP contribution is 1.97. The quantitative estimate of drug-likeness (QED) is 0.357. The summed E-state index contributed by atoms with van der Waals surface area (Å²) in [7, 11) is -1.44. The Morgan fingerprint density at radius 2 is 2.30 bits per heavy atom. The van der Waals surface area contributed by atoms with Crippen LogP contribution in [0.1, 0.15) is 26.7 Å². The van der Waals surface area contributed by atoms with Gasteiger partial charge >= 0.3 is 0 Å². The van der Waals surface area contributed by atoms with Gasteiger partial charge in [0.1, 0.15) is 0 Å². The van der Waals surface area contributed by atoms with Gasteiger partial charge in [0.2, 0.25) is 0 Å². The van der Waals surface area contributed by atoms with Crippen molar-refractivity contribution in [1.29, 1.82) is 0 Å². The van der Waals surface area contributed by atoms with E-state index in [1.807, 2.05) is 18.7 Å². The van der Waals surface area contributed by atoms with Gasteiger partial charge in [-0.2, -0.15) is 0 Å². The third kappa shape index (κ3) is 6.33. The minimum absolute atomic E-state index is 0.821. The molecular formula is C7H15ClOSi. The Morgan fingerprint density at radius 1 is 1.60 bits per heavy atom. The third-order valence-electron chi connectivity index (χ3n) is 1.12. The Morgan fingerprint density at radius 3 is 2.80 bits per heavy atom. The maximum absolute atomic E-state index is 5.85. The van der Waals surface area contributed by atoms with E-state index >= 15 is 0 Å². The predicted molar refractivity (Wildman–Crippen MR) is 48.7 cm³/mol. The lowest BCUT2D eigenvalue weighted by molar-refractivity contribution is 0.327. The smallest absolute Gasteiger partial charge is 0.298 e. The van der Waals surface area contributed by atoms with Gasteiger partial charge in [-0.1, -0.05) is 25.1 Å². The molecule has 60 valence electrons. The number of hydrogen-bond donors (Lipinski definition) is 0. The maximum atomic E-state index is 5.85. The van der Waals surface area contributed by atoms with E-state index in [-0.39, 0.29) is 0 Å². The minimum Gasteiger partial charge on any atom is -0.403 e. The van der Waals surface area contributed by atoms with Gasteiger partial charge in [0.25, 0.3) is 8.35 Å². The van der Waals surface area contributed by atoms with Crippen LogP contribution in [0.25, 0.3) is 0 Å². The van der Waals surface area contributed by atoms with Crippen molar-refractivity contribution < 1.29 is 4.43 Å². The van der Waals surface area contributed by atoms with Crippen LogP contribution >= 0.6 is 11.1 Å². The molecule has 0 heterocycles. The number of hydrogen-bond acceptors (Lipinski definition) is 1. The van der Waals surface area contributed by atoms with Crippen molar-refractivity contribution in [3.05, 3.63) is 11.8 Å². The summed E-state index contributed by atoms with van der Waals surface area (Å²) in [6.45, 7) is 4.93. The molecule has 3 heteroatoms. The average Bonchev–Trinajstić information content (AvgIpc) is 1.89. The van der Waals surface area contributed by atoms with Gasteiger partial charge in [-0.3, -0.25) is 0 Å². The van der Waals surface area contributed by atoms with Gasteiger partial charge < -0.3 is 4.43 Å². The van der Waals surface area contributed by atoms with Crippen molar-refractivity contribution in [1.82, 2.24) is 0 Å². The summed E-state index contributed by atoms with van der Waals surface area (Å²) in [5.41, 5.74) is 1.97. The lowest BCUT2D eigenvalue weighted by atomic mass is 10.4. The Labute approximate surface area is 69.5 Å². The number of allylic oxidation sites excluding steroid dienone is 1. The van der Waals surface area contributed by atoms with E-state index in [1.165, 1.54) is 6.42 Å². The summed E-state index contributed by atoms with van der Waals surface area (Å²) in [6.07, 6.45) is 4.25. The highest BCUT2D eigenvalue weighted by molar-refractivity contribution is 7.06. The monoisotopic (exact) mass is 178 g/mol. The Kier molecular flexibility index (Phi) is 7.47. The second kappa shape index (κ2) is 7.32. The standard InChI is InChI=1S/C7H15ClOSi/c1-3-5-6-9-10(8)7-4-2/h4,7,10H,3,5-6H2,1-2H3. The van der Waals surface area contributed by atoms with Crippen LogP contribution in [0, 0.1) is 0 Å². The van der Waals surface area contributed by atoms with E-state index in [0.717, 1.165) is 13.0 Å². The van der Waals surface area contributed by atoms with Crippen LogP contribution in [0.2, 0.25) is 0 Å². The fourth-order valence-corrected chi connectivity index (χ4v) is 2.06. The molecule has 0 saturated carbocycles. The lowest BCUT2D eigenvalue weighted by Gasteiger charge is -2.02. The second-order valence-corrected chi connectivity index (χ2v) is 4.81. The number of unbranched alkanes of at least 4 members (excludes halogenated alkanes) is 1. The first-order valence-electron chi connectivity index (χ1n) is 3.69. The first kappa shape index (κ1) is 10.2. The SMILES string of the molecule is CC=C[SiH](Cl)OCCCC. The molecule has 1 unspecified atom stereocenters. The highest BCUT2D eigenvalue weighted by atomic mass is 35.6. The van der Waals surface area contributed by atoms with Crippen LogP contribution in [0.5, 0.6) is 0 Å². The van der Waals surface area contributed by atoms with Crippen molar-refractivity contribution in [3.8, 4) is 0 Å². The molecular weight excluding hydrogens is 164 g/mol. The molecule has 0 aliphatic carbocycles. The summed E-state index contributed by atoms with van der Waals surface area (Å²) in [5, 5.41) is 0. The molecule has 0 rings (SSSR count). The number of halogens is 1. The van der Waals surface area contributed by atoms with Crippen molar-refractivity contribution in [2.45, 2.75) is 26.7 Å². The summed E-state index contributed by atoms with van der Waals surface area (Å²) < 4.78 is 5.34. The topological polar surface area (TPSA) is 9.23 Å². The lowest BCUT2D eigenvalue weighted by Crippen LogP contribution is -2.07. The van der Waals surface area contributed by atoms with Gasteiger partial charge in [0.15, 0.2) is 0 Å². The molecule has 0 aromatic heterocycles. The second-order valence-electron chi connectivity index (χ2n) is 2.10. The van der Waals surface area contributed by atoms with Crippen molar-refractivity contribution in [2.24, 2.45) is 0 Å². The van der Waals surface area contributed by atoms with E-state index in [0.29, 0.717) is 0 Å². The van der Waals surface area contributed by atoms with E-state index in [4.69, 9.17) is 15.5 Å². The molecule has 0 aromatic rings. The van der Waals surface area contributed by atoms with E-state index in [1.54, 1.807) is 0 Å². The van der Waals surface area contributed by atoms with Gasteiger partial charge in [-0.25, -0.2) is 0 Å². The molecule has 0 spiro atoms. The van der Waals surface area contributed by atoms with Crippen LogP contribution < -0.4 is 0 Å². The molecule has 1 nitrogen and oxygen atoms in total. The summed E-state index contributed by atoms with van der Waals surface area (Å²) in [5.74, 6) is 0. The first-order valence-corrected chi connectivity index (χ1v) is 6.58. The van der Waals surface area contributed by atoms with Crippen molar-refractivity contribution >= 4 is 19.4 Å². The van der Waals surface area contributed by atoms with Gasteiger partial charge in [0, 0.05) is 6.61 Å². The van der Waals surface area contributed by atoms with Crippen LogP contribution in [-0.2, 0) is 4.43 Å². The Bertz CT molecular complexity index is 95.6. The fraction of sp³-hybridized carbons (Fsp3) is 0.714. The summed E-state index contributed by atoms with van der Waals surface area (Å²) >= 11 is 5.85. The van der Waals surface area contributed by atoms with Crippen LogP contribution in [-0.4, -0.2) is 15.0 Å². The van der Waals surface area contributed by atoms with Crippen molar-refractivity contribution in [2.75, 3.05) is 6.61 Å². The molecule has 0 bridgehead atoms. The first-order chi connectivity index (χ1) is 4.81. The van der Waals surface area contributed by atoms with Crippen LogP contribution in [0.4, 0.5) is 0 Å². The Balaban J connectivity index is 3.13. The molecule has 0 N–H and O–H groups in total. The number of rotatable bonds is 5. The largest absolute Gasteiger partial charge is 0.403 e. The predicted octanol–water partition coefficient (Wildman–Crippen LogP) is 2.38. The fourth-order valence-electron chi connectivity index (χ4n) is 0.547. The molecule has 0 radical (unpaired) electrons. The van der Waals surface area contributed by atoms with Gasteiger partial charge in [-0.05, 0) is 13.3 Å². The molecule has 0 aromatic carbocycles. The third-order valence-corrected chi connectivity index (χ3v) is 3.17. The average molecular weight is 179 g/mol. The van der Waals surface area contributed by atoms with Crippen LogP contribution in [0.3, 0.4) is 0 Å². The van der Waals surface area contributed by atoms with E-state index in [9.17, 15) is 0 Å². The Hall–Kier alpha value is 0.207. The van der Waals surface area contributed by atoms with E-state index in [2.05, 4.69) is 6.92 Å². The molecule has 0 amide bonds. The van der Waals surface area contributed by atoms with Crippen LogP contribution in [0.15, 0.2) is 11.8 Å². The molecule has 10 heavy (non-hydrogen) atoms. The molecule has 0 aliphatic heterocycles.